The first-order valence-electron chi connectivity index (χ1n) is 6.20. The van der Waals surface area contributed by atoms with Crippen molar-refractivity contribution in [3.8, 4) is 0 Å². The monoisotopic (exact) mass is 253 g/mol. The minimum Gasteiger partial charge on any atom is -0.354 e. The number of nitrogens with zero attached hydrogens (tertiary/aromatic N) is 3. The molecule has 1 fully saturated rings. The van der Waals surface area contributed by atoms with Crippen molar-refractivity contribution < 1.29 is 0 Å². The Bertz CT molecular complexity index is 369. The number of alkyl halides is 1. The highest BCUT2D eigenvalue weighted by atomic mass is 35.5. The van der Waals surface area contributed by atoms with Crippen molar-refractivity contribution in [2.45, 2.75) is 25.3 Å². The highest BCUT2D eigenvalue weighted by Crippen LogP contribution is 2.19. The maximum Gasteiger partial charge on any atom is 0.128 e. The lowest BCUT2D eigenvalue weighted by Gasteiger charge is -2.39. The summed E-state index contributed by atoms with van der Waals surface area (Å²) in [6.45, 7) is 5.45. The zero-order valence-electron chi connectivity index (χ0n) is 10.6. The fourth-order valence-electron chi connectivity index (χ4n) is 2.31. The predicted octanol–water partition coefficient (Wildman–Crippen LogP) is 2.35. The van der Waals surface area contributed by atoms with Crippen LogP contribution in [0.1, 0.15) is 18.9 Å². The molecule has 94 valence electrons. The minimum atomic E-state index is 0.556. The molecule has 3 nitrogen and oxygen atoms in total. The summed E-state index contributed by atoms with van der Waals surface area (Å²) in [5.74, 6) is 1.62. The highest BCUT2D eigenvalue weighted by molar-refractivity contribution is 6.17. The Labute approximate surface area is 108 Å². The summed E-state index contributed by atoms with van der Waals surface area (Å²) >= 11 is 5.86. The van der Waals surface area contributed by atoms with Gasteiger partial charge in [0, 0.05) is 37.8 Å². The maximum atomic E-state index is 5.86. The Kier molecular flexibility index (Phi) is 4.24. The van der Waals surface area contributed by atoms with Gasteiger partial charge in [-0.25, -0.2) is 4.98 Å². The van der Waals surface area contributed by atoms with E-state index in [0.717, 1.165) is 31.0 Å². The highest BCUT2D eigenvalue weighted by Gasteiger charge is 2.23. The van der Waals surface area contributed by atoms with Crippen LogP contribution in [0.5, 0.6) is 0 Å². The second-order valence-electron chi connectivity index (χ2n) is 4.64. The topological polar surface area (TPSA) is 19.4 Å². The Hall–Kier alpha value is -0.800. The molecule has 0 N–H and O–H groups in total. The van der Waals surface area contributed by atoms with Crippen molar-refractivity contribution in [3.63, 3.8) is 0 Å². The van der Waals surface area contributed by atoms with Crippen LogP contribution in [-0.2, 0) is 5.88 Å². The number of hydrogen-bond donors (Lipinski definition) is 0. The predicted molar refractivity (Wildman–Crippen MR) is 72.7 cm³/mol. The maximum absolute atomic E-state index is 5.86. The standard InChI is InChI=1S/C13H20ClN3/c1-3-12-10-17(7-6-16(12)2)13-8-11(9-14)4-5-15-13/h4-5,8,12H,3,6-7,9-10H2,1-2H3. The molecule has 1 aromatic heterocycles. The van der Waals surface area contributed by atoms with Crippen molar-refractivity contribution in [3.05, 3.63) is 23.9 Å². The van der Waals surface area contributed by atoms with Gasteiger partial charge in [-0.05, 0) is 31.2 Å². The molecule has 0 bridgehead atoms. The summed E-state index contributed by atoms with van der Waals surface area (Å²) in [7, 11) is 2.20. The van der Waals surface area contributed by atoms with E-state index in [4.69, 9.17) is 11.6 Å². The number of rotatable bonds is 3. The molecule has 1 unspecified atom stereocenters. The van der Waals surface area contributed by atoms with Crippen molar-refractivity contribution in [1.82, 2.24) is 9.88 Å². The third kappa shape index (κ3) is 2.90. The molecule has 1 aromatic rings. The Morgan fingerprint density at radius 1 is 1.47 bits per heavy atom. The summed E-state index contributed by atoms with van der Waals surface area (Å²) in [5.41, 5.74) is 1.14. The number of pyridine rings is 1. The number of halogens is 1. The quantitative estimate of drug-likeness (QED) is 0.771. The number of aromatic nitrogens is 1. The average molecular weight is 254 g/mol. The summed E-state index contributed by atoms with van der Waals surface area (Å²) in [6.07, 6.45) is 3.04. The van der Waals surface area contributed by atoms with Crippen LogP contribution in [0.4, 0.5) is 5.82 Å². The molecule has 4 heteroatoms. The van der Waals surface area contributed by atoms with Crippen molar-refractivity contribution in [2.75, 3.05) is 31.6 Å². The van der Waals surface area contributed by atoms with E-state index in [2.05, 4.69) is 34.8 Å². The molecule has 0 aliphatic carbocycles. The van der Waals surface area contributed by atoms with E-state index in [0.29, 0.717) is 11.9 Å². The van der Waals surface area contributed by atoms with Crippen molar-refractivity contribution in [1.29, 1.82) is 0 Å². The summed E-state index contributed by atoms with van der Waals surface area (Å²) in [4.78, 5) is 9.25. The molecular formula is C13H20ClN3. The van der Waals surface area contributed by atoms with Gasteiger partial charge in [0.05, 0.1) is 0 Å². The molecule has 1 saturated heterocycles. The number of hydrogen-bond acceptors (Lipinski definition) is 3. The normalized spacial score (nSPS) is 21.8. The molecule has 1 aliphatic heterocycles. The van der Waals surface area contributed by atoms with Crippen LogP contribution in [0.3, 0.4) is 0 Å². The van der Waals surface area contributed by atoms with Gasteiger partial charge in [-0.2, -0.15) is 0 Å². The van der Waals surface area contributed by atoms with E-state index in [1.807, 2.05) is 12.3 Å². The van der Waals surface area contributed by atoms with Gasteiger partial charge in [0.15, 0.2) is 0 Å². The first kappa shape index (κ1) is 12.7. The van der Waals surface area contributed by atoms with Gasteiger partial charge >= 0.3 is 0 Å². The van der Waals surface area contributed by atoms with E-state index < -0.39 is 0 Å². The van der Waals surface area contributed by atoms with Crippen molar-refractivity contribution >= 4 is 17.4 Å². The summed E-state index contributed by atoms with van der Waals surface area (Å²) in [5, 5.41) is 0. The van der Waals surface area contributed by atoms with Crippen LogP contribution in [0, 0.1) is 0 Å². The van der Waals surface area contributed by atoms with E-state index in [9.17, 15) is 0 Å². The number of likely N-dealkylation sites (N-methyl/N-ethyl adjacent to an activating group) is 1. The zero-order chi connectivity index (χ0) is 12.3. The molecule has 17 heavy (non-hydrogen) atoms. The Morgan fingerprint density at radius 3 is 3.00 bits per heavy atom. The lowest BCUT2D eigenvalue weighted by atomic mass is 10.1. The Balaban J connectivity index is 2.11. The van der Waals surface area contributed by atoms with E-state index in [1.54, 1.807) is 0 Å². The van der Waals surface area contributed by atoms with E-state index in [-0.39, 0.29) is 0 Å². The van der Waals surface area contributed by atoms with Crippen LogP contribution in [0.15, 0.2) is 18.3 Å². The molecule has 1 atom stereocenters. The molecule has 2 heterocycles. The second kappa shape index (κ2) is 5.69. The molecule has 2 rings (SSSR count). The fraction of sp³-hybridized carbons (Fsp3) is 0.615. The number of anilines is 1. The van der Waals surface area contributed by atoms with Crippen LogP contribution in [0.2, 0.25) is 0 Å². The number of piperazine rings is 1. The van der Waals surface area contributed by atoms with E-state index >= 15 is 0 Å². The van der Waals surface area contributed by atoms with Crippen LogP contribution in [0.25, 0.3) is 0 Å². The van der Waals surface area contributed by atoms with Crippen molar-refractivity contribution in [2.24, 2.45) is 0 Å². The third-order valence-corrected chi connectivity index (χ3v) is 3.85. The van der Waals surface area contributed by atoms with Crippen LogP contribution in [-0.4, -0.2) is 42.6 Å². The van der Waals surface area contributed by atoms with Gasteiger partial charge in [-0.15, -0.1) is 11.6 Å². The van der Waals surface area contributed by atoms with Gasteiger partial charge in [0.2, 0.25) is 0 Å². The van der Waals surface area contributed by atoms with Crippen LogP contribution >= 0.6 is 11.6 Å². The van der Waals surface area contributed by atoms with Gasteiger partial charge in [0.25, 0.3) is 0 Å². The first-order chi connectivity index (χ1) is 8.24. The first-order valence-corrected chi connectivity index (χ1v) is 6.74. The molecule has 0 radical (unpaired) electrons. The molecule has 0 spiro atoms. The van der Waals surface area contributed by atoms with Gasteiger partial charge in [0.1, 0.15) is 5.82 Å². The smallest absolute Gasteiger partial charge is 0.128 e. The minimum absolute atomic E-state index is 0.556. The largest absolute Gasteiger partial charge is 0.354 e. The summed E-state index contributed by atoms with van der Waals surface area (Å²) < 4.78 is 0. The van der Waals surface area contributed by atoms with E-state index in [1.165, 1.54) is 6.42 Å². The lowest BCUT2D eigenvalue weighted by Crippen LogP contribution is -2.51. The van der Waals surface area contributed by atoms with Gasteiger partial charge in [-0.3, -0.25) is 4.90 Å². The third-order valence-electron chi connectivity index (χ3n) is 3.54. The summed E-state index contributed by atoms with van der Waals surface area (Å²) in [6, 6.07) is 4.71. The zero-order valence-corrected chi connectivity index (χ0v) is 11.3. The molecule has 1 aliphatic rings. The van der Waals surface area contributed by atoms with Gasteiger partial charge < -0.3 is 4.90 Å². The van der Waals surface area contributed by atoms with Crippen LogP contribution < -0.4 is 4.90 Å². The van der Waals surface area contributed by atoms with Gasteiger partial charge in [-0.1, -0.05) is 6.92 Å². The fourth-order valence-corrected chi connectivity index (χ4v) is 2.48. The Morgan fingerprint density at radius 2 is 2.29 bits per heavy atom. The average Bonchev–Trinajstić information content (AvgIpc) is 2.39. The molecule has 0 amide bonds. The SMILES string of the molecule is CCC1CN(c2cc(CCl)ccn2)CCN1C. The molecular weight excluding hydrogens is 234 g/mol. The lowest BCUT2D eigenvalue weighted by molar-refractivity contribution is 0.213. The molecule has 0 aromatic carbocycles. The molecule has 0 saturated carbocycles. The second-order valence-corrected chi connectivity index (χ2v) is 4.91.